The number of hydrogen-bond acceptors (Lipinski definition) is 7. The van der Waals surface area contributed by atoms with Gasteiger partial charge < -0.3 is 4.90 Å². The number of fused-ring (bicyclic) bond motifs is 5. The summed E-state index contributed by atoms with van der Waals surface area (Å²) in [7, 11) is 0. The fraction of sp³-hybridized carbons (Fsp3) is 0.129. The summed E-state index contributed by atoms with van der Waals surface area (Å²) in [4.78, 5) is 57.1. The molecule has 1 saturated heterocycles. The van der Waals surface area contributed by atoms with Gasteiger partial charge in [-0.3, -0.25) is 24.5 Å². The van der Waals surface area contributed by atoms with E-state index >= 15 is 0 Å². The van der Waals surface area contributed by atoms with Crippen molar-refractivity contribution in [2.24, 2.45) is 5.41 Å². The Morgan fingerprint density at radius 1 is 0.897 bits per heavy atom. The van der Waals surface area contributed by atoms with Crippen molar-refractivity contribution in [3.63, 3.8) is 0 Å². The molecule has 1 spiro atoms. The molecule has 4 aromatic rings. The molecular weight excluding hydrogens is 512 g/mol. The lowest BCUT2D eigenvalue weighted by molar-refractivity contribution is -0.384. The zero-order chi connectivity index (χ0) is 26.9. The van der Waals surface area contributed by atoms with Gasteiger partial charge in [0.15, 0.2) is 17.3 Å². The Morgan fingerprint density at radius 2 is 1.62 bits per heavy atom. The summed E-state index contributed by atoms with van der Waals surface area (Å²) >= 11 is 1.29. The first-order valence-corrected chi connectivity index (χ1v) is 13.4. The number of carbonyl (C=O) groups is 3. The van der Waals surface area contributed by atoms with Crippen LogP contribution in [-0.4, -0.2) is 34.4 Å². The van der Waals surface area contributed by atoms with Crippen LogP contribution in [0.2, 0.25) is 0 Å². The number of rotatable bonds is 4. The topological polar surface area (TPSA) is 97.6 Å². The van der Waals surface area contributed by atoms with Gasteiger partial charge in [-0.25, -0.2) is 0 Å². The summed E-state index contributed by atoms with van der Waals surface area (Å²) in [6.07, 6.45) is 3.74. The lowest BCUT2D eigenvalue weighted by Crippen LogP contribution is -2.48. The van der Waals surface area contributed by atoms with E-state index in [1.165, 1.54) is 23.5 Å². The van der Waals surface area contributed by atoms with Crippen LogP contribution in [0, 0.1) is 15.5 Å². The van der Waals surface area contributed by atoms with Crippen molar-refractivity contribution >= 4 is 46.1 Å². The van der Waals surface area contributed by atoms with E-state index < -0.39 is 28.3 Å². The number of hydrogen-bond donors (Lipinski definition) is 0. The van der Waals surface area contributed by atoms with E-state index in [4.69, 9.17) is 0 Å². The summed E-state index contributed by atoms with van der Waals surface area (Å²) in [6, 6.07) is 22.1. The van der Waals surface area contributed by atoms with E-state index in [9.17, 15) is 24.5 Å². The second-order valence-electron chi connectivity index (χ2n) is 9.96. The predicted molar refractivity (Wildman–Crippen MR) is 148 cm³/mol. The predicted octanol–water partition coefficient (Wildman–Crippen LogP) is 5.97. The van der Waals surface area contributed by atoms with Crippen molar-refractivity contribution in [3.05, 3.63) is 134 Å². The Hall–Kier alpha value is -4.69. The molecule has 0 bridgehead atoms. The van der Waals surface area contributed by atoms with Gasteiger partial charge in [0.1, 0.15) is 11.5 Å². The minimum absolute atomic E-state index is 0.166. The molecule has 0 radical (unpaired) electrons. The highest BCUT2D eigenvalue weighted by molar-refractivity contribution is 7.12. The zero-order valence-electron chi connectivity index (χ0n) is 20.4. The first-order chi connectivity index (χ1) is 18.9. The van der Waals surface area contributed by atoms with Gasteiger partial charge in [0.05, 0.1) is 15.8 Å². The molecule has 7 nitrogen and oxygen atoms in total. The van der Waals surface area contributed by atoms with Crippen molar-refractivity contribution in [3.8, 4) is 0 Å². The number of benzene rings is 3. The Balaban J connectivity index is 1.57. The molecule has 1 fully saturated rings. The summed E-state index contributed by atoms with van der Waals surface area (Å²) in [5.74, 6) is -1.93. The maximum Gasteiger partial charge on any atom is 0.269 e. The van der Waals surface area contributed by atoms with Crippen molar-refractivity contribution in [1.29, 1.82) is 0 Å². The Bertz CT molecular complexity index is 1710. The highest BCUT2D eigenvalue weighted by Gasteiger charge is 2.71. The summed E-state index contributed by atoms with van der Waals surface area (Å²) in [5.41, 5.74) is 0.797. The highest BCUT2D eigenvalue weighted by Crippen LogP contribution is 2.61. The molecular formula is C31H20N2O5S. The normalized spacial score (nSPS) is 22.1. The van der Waals surface area contributed by atoms with E-state index in [1.54, 1.807) is 48.5 Å². The van der Waals surface area contributed by atoms with E-state index in [0.717, 1.165) is 11.3 Å². The van der Waals surface area contributed by atoms with Gasteiger partial charge in [0.2, 0.25) is 0 Å². The molecule has 190 valence electrons. The largest absolute Gasteiger partial charge is 0.352 e. The van der Waals surface area contributed by atoms with E-state index in [2.05, 4.69) is 0 Å². The maximum atomic E-state index is 14.5. The summed E-state index contributed by atoms with van der Waals surface area (Å²) in [5, 5.41) is 13.6. The number of ketones is 3. The number of nitrogens with zero attached hydrogens (tertiary/aromatic N) is 2. The molecule has 2 aliphatic heterocycles. The second-order valence-corrected chi connectivity index (χ2v) is 10.9. The molecule has 39 heavy (non-hydrogen) atoms. The monoisotopic (exact) mass is 532 g/mol. The maximum absolute atomic E-state index is 14.5. The van der Waals surface area contributed by atoms with Crippen LogP contribution in [-0.2, 0) is 0 Å². The molecule has 0 N–H and O–H groups in total. The summed E-state index contributed by atoms with van der Waals surface area (Å²) < 4.78 is 0. The molecule has 3 aromatic carbocycles. The van der Waals surface area contributed by atoms with Gasteiger partial charge in [-0.1, -0.05) is 72.8 Å². The van der Waals surface area contributed by atoms with Gasteiger partial charge in [0.25, 0.3) is 5.69 Å². The van der Waals surface area contributed by atoms with Crippen LogP contribution in [0.4, 0.5) is 11.4 Å². The van der Waals surface area contributed by atoms with Crippen LogP contribution in [0.5, 0.6) is 0 Å². The Morgan fingerprint density at radius 3 is 2.31 bits per heavy atom. The van der Waals surface area contributed by atoms with Crippen LogP contribution in [0.1, 0.15) is 47.4 Å². The smallest absolute Gasteiger partial charge is 0.269 e. The van der Waals surface area contributed by atoms with Crippen LogP contribution in [0.25, 0.3) is 6.08 Å². The van der Waals surface area contributed by atoms with Gasteiger partial charge in [-0.05, 0) is 28.6 Å². The Labute approximate surface area is 227 Å². The molecule has 3 aliphatic rings. The third-order valence-corrected chi connectivity index (χ3v) is 9.07. The van der Waals surface area contributed by atoms with Gasteiger partial charge in [0, 0.05) is 34.9 Å². The van der Waals surface area contributed by atoms with E-state index in [-0.39, 0.29) is 23.0 Å². The highest BCUT2D eigenvalue weighted by atomic mass is 32.1. The van der Waals surface area contributed by atoms with Crippen LogP contribution < -0.4 is 4.90 Å². The molecule has 3 atom stereocenters. The number of anilines is 1. The molecule has 1 aliphatic carbocycles. The first-order valence-electron chi connectivity index (χ1n) is 12.5. The Kier molecular flexibility index (Phi) is 5.05. The zero-order valence-corrected chi connectivity index (χ0v) is 21.2. The van der Waals surface area contributed by atoms with E-state index in [1.807, 2.05) is 46.7 Å². The molecule has 0 saturated carbocycles. The number of nitro groups is 1. The number of nitro benzene ring substituents is 1. The third-order valence-electron chi connectivity index (χ3n) is 8.19. The lowest BCUT2D eigenvalue weighted by atomic mass is 9.64. The minimum atomic E-state index is -1.68. The minimum Gasteiger partial charge on any atom is -0.352 e. The standard InChI is InChI=1S/C31H20N2O5S/c34-28(24-13-6-16-39-24)27-26(19-8-5-9-20(17-19)33(37)38)31(29(35)21-10-2-3-11-22(21)30(31)36)25-15-14-18-7-1-4-12-23(18)32(25)27/h1-17,25-27H/t25?,26-,27+/m1/s1. The lowest BCUT2D eigenvalue weighted by Gasteiger charge is -2.37. The summed E-state index contributed by atoms with van der Waals surface area (Å²) in [6.45, 7) is 0. The fourth-order valence-electron chi connectivity index (χ4n) is 6.69. The molecule has 0 amide bonds. The van der Waals surface area contributed by atoms with Crippen LogP contribution >= 0.6 is 11.3 Å². The average molecular weight is 533 g/mol. The van der Waals surface area contributed by atoms with Crippen molar-refractivity contribution < 1.29 is 19.3 Å². The number of non-ortho nitro benzene ring substituents is 1. The van der Waals surface area contributed by atoms with Gasteiger partial charge >= 0.3 is 0 Å². The van der Waals surface area contributed by atoms with Crippen LogP contribution in [0.3, 0.4) is 0 Å². The molecule has 8 heteroatoms. The molecule has 3 heterocycles. The van der Waals surface area contributed by atoms with Gasteiger partial charge in [-0.15, -0.1) is 11.3 Å². The SMILES string of the molecule is O=C(c1cccs1)[C@@H]1[C@@H](c2cccc([N+](=O)[O-])c2)C2(C(=O)c3ccccc3C2=O)C2C=Cc3ccccc3N21. The first kappa shape index (κ1) is 23.4. The van der Waals surface area contributed by atoms with Gasteiger partial charge in [-0.2, -0.15) is 0 Å². The van der Waals surface area contributed by atoms with Crippen molar-refractivity contribution in [2.45, 2.75) is 18.0 Å². The fourth-order valence-corrected chi connectivity index (χ4v) is 7.38. The number of carbonyl (C=O) groups excluding carboxylic acids is 3. The number of para-hydroxylation sites is 1. The van der Waals surface area contributed by atoms with Crippen LogP contribution in [0.15, 0.2) is 96.4 Å². The van der Waals surface area contributed by atoms with E-state index in [0.29, 0.717) is 21.6 Å². The molecule has 7 rings (SSSR count). The number of thiophene rings is 1. The number of Topliss-reactive ketones (excluding diaryl/α,β-unsaturated/α-hetero) is 3. The van der Waals surface area contributed by atoms with Crippen molar-refractivity contribution in [1.82, 2.24) is 0 Å². The van der Waals surface area contributed by atoms with Crippen molar-refractivity contribution in [2.75, 3.05) is 4.90 Å². The quantitative estimate of drug-likeness (QED) is 0.139. The average Bonchev–Trinajstić information content (AvgIpc) is 3.66. The molecule has 1 unspecified atom stereocenters. The second kappa shape index (κ2) is 8.41. The molecule has 1 aromatic heterocycles. The third kappa shape index (κ3) is 3.06.